The molecule has 1 aromatic heterocycles. The second kappa shape index (κ2) is 8.49. The van der Waals surface area contributed by atoms with Gasteiger partial charge < -0.3 is 15.4 Å². The molecular formula is C19H20ClN5O. The topological polar surface area (TPSA) is 72.0 Å². The number of halogens is 1. The van der Waals surface area contributed by atoms with Crippen LogP contribution >= 0.6 is 11.6 Å². The molecule has 0 saturated heterocycles. The van der Waals surface area contributed by atoms with Gasteiger partial charge in [-0.3, -0.25) is 0 Å². The van der Waals surface area contributed by atoms with Gasteiger partial charge in [-0.05, 0) is 37.6 Å². The second-order valence-corrected chi connectivity index (χ2v) is 6.31. The van der Waals surface area contributed by atoms with Gasteiger partial charge in [0.15, 0.2) is 5.82 Å². The molecule has 26 heavy (non-hydrogen) atoms. The highest BCUT2D eigenvalue weighted by Crippen LogP contribution is 2.27. The van der Waals surface area contributed by atoms with Crippen molar-refractivity contribution in [2.45, 2.75) is 26.5 Å². The maximum absolute atomic E-state index is 6.17. The first-order valence-electron chi connectivity index (χ1n) is 8.31. The van der Waals surface area contributed by atoms with E-state index in [1.165, 1.54) is 0 Å². The second-order valence-electron chi connectivity index (χ2n) is 5.90. The largest absolute Gasteiger partial charge is 0.489 e. The summed E-state index contributed by atoms with van der Waals surface area (Å²) in [7, 11) is 0. The molecule has 0 radical (unpaired) electrons. The lowest BCUT2D eigenvalue weighted by Gasteiger charge is -2.14. The minimum Gasteiger partial charge on any atom is -0.489 e. The Morgan fingerprint density at radius 1 is 1.08 bits per heavy atom. The van der Waals surface area contributed by atoms with Crippen LogP contribution in [0.5, 0.6) is 5.75 Å². The van der Waals surface area contributed by atoms with Gasteiger partial charge in [0, 0.05) is 11.6 Å². The molecule has 6 nitrogen and oxygen atoms in total. The minimum atomic E-state index is 0.0700. The van der Waals surface area contributed by atoms with E-state index < -0.39 is 0 Å². The first-order chi connectivity index (χ1) is 12.6. The zero-order chi connectivity index (χ0) is 18.4. The molecule has 1 heterocycles. The van der Waals surface area contributed by atoms with Crippen LogP contribution in [0.3, 0.4) is 0 Å². The highest BCUT2D eigenvalue weighted by molar-refractivity contribution is 6.31. The van der Waals surface area contributed by atoms with Gasteiger partial charge in [-0.1, -0.05) is 41.9 Å². The Morgan fingerprint density at radius 2 is 1.85 bits per heavy atom. The number of nitrogens with one attached hydrogen (secondary N) is 2. The van der Waals surface area contributed by atoms with Crippen LogP contribution in [0.15, 0.2) is 54.7 Å². The van der Waals surface area contributed by atoms with Gasteiger partial charge in [-0.2, -0.15) is 10.1 Å². The Labute approximate surface area is 157 Å². The van der Waals surface area contributed by atoms with E-state index in [9.17, 15) is 0 Å². The van der Waals surface area contributed by atoms with E-state index in [1.54, 1.807) is 6.20 Å². The predicted molar refractivity (Wildman–Crippen MR) is 104 cm³/mol. The molecular weight excluding hydrogens is 350 g/mol. The number of anilines is 3. The number of hydrogen-bond donors (Lipinski definition) is 2. The molecule has 0 unspecified atom stereocenters. The molecule has 0 saturated carbocycles. The lowest BCUT2D eigenvalue weighted by molar-refractivity contribution is 0.244. The summed E-state index contributed by atoms with van der Waals surface area (Å²) >= 11 is 6.17. The zero-order valence-corrected chi connectivity index (χ0v) is 15.4. The molecule has 3 aromatic rings. The summed E-state index contributed by atoms with van der Waals surface area (Å²) in [5.74, 6) is 1.72. The highest BCUT2D eigenvalue weighted by atomic mass is 35.5. The van der Waals surface area contributed by atoms with E-state index in [-0.39, 0.29) is 6.10 Å². The summed E-state index contributed by atoms with van der Waals surface area (Å²) < 4.78 is 5.80. The molecule has 2 aromatic carbocycles. The van der Waals surface area contributed by atoms with E-state index in [0.29, 0.717) is 23.3 Å². The van der Waals surface area contributed by atoms with E-state index >= 15 is 0 Å². The van der Waals surface area contributed by atoms with Crippen LogP contribution in [0.1, 0.15) is 19.4 Å². The van der Waals surface area contributed by atoms with Gasteiger partial charge in [-0.25, -0.2) is 0 Å². The van der Waals surface area contributed by atoms with Crippen molar-refractivity contribution in [3.05, 3.63) is 65.3 Å². The molecule has 0 aliphatic carbocycles. The maximum atomic E-state index is 6.17. The first-order valence-corrected chi connectivity index (χ1v) is 8.69. The minimum absolute atomic E-state index is 0.0700. The Kier molecular flexibility index (Phi) is 5.86. The van der Waals surface area contributed by atoms with E-state index in [0.717, 1.165) is 17.0 Å². The summed E-state index contributed by atoms with van der Waals surface area (Å²) in [5, 5.41) is 15.1. The van der Waals surface area contributed by atoms with Gasteiger partial charge >= 0.3 is 0 Å². The van der Waals surface area contributed by atoms with Crippen LogP contribution in [0.4, 0.5) is 17.5 Å². The van der Waals surface area contributed by atoms with Gasteiger partial charge in [0.05, 0.1) is 18.0 Å². The zero-order valence-electron chi connectivity index (χ0n) is 14.6. The van der Waals surface area contributed by atoms with Crippen molar-refractivity contribution in [3.63, 3.8) is 0 Å². The summed E-state index contributed by atoms with van der Waals surface area (Å²) in [6, 6.07) is 15.3. The third-order valence-corrected chi connectivity index (χ3v) is 3.84. The first kappa shape index (κ1) is 17.9. The van der Waals surface area contributed by atoms with E-state index in [2.05, 4.69) is 25.8 Å². The van der Waals surface area contributed by atoms with Crippen molar-refractivity contribution in [1.82, 2.24) is 15.2 Å². The van der Waals surface area contributed by atoms with Gasteiger partial charge in [0.2, 0.25) is 5.95 Å². The molecule has 0 aliphatic rings. The normalized spacial score (nSPS) is 10.6. The Morgan fingerprint density at radius 3 is 2.65 bits per heavy atom. The SMILES string of the molecule is CC(C)Oc1ccccc1Nc1nncc(NCc2ccccc2Cl)n1. The highest BCUT2D eigenvalue weighted by Gasteiger charge is 2.08. The predicted octanol–water partition coefficient (Wildman–Crippen LogP) is 4.67. The monoisotopic (exact) mass is 369 g/mol. The quantitative estimate of drug-likeness (QED) is 0.630. The molecule has 0 amide bonds. The van der Waals surface area contributed by atoms with Crippen molar-refractivity contribution in [2.24, 2.45) is 0 Å². The number of nitrogens with zero attached hydrogens (tertiary/aromatic N) is 3. The fourth-order valence-corrected chi connectivity index (χ4v) is 2.52. The summed E-state index contributed by atoms with van der Waals surface area (Å²) in [6.07, 6.45) is 1.64. The van der Waals surface area contributed by atoms with Crippen LogP contribution in [0.2, 0.25) is 5.02 Å². The standard InChI is InChI=1S/C19H20ClN5O/c1-13(2)26-17-10-6-5-9-16(17)23-19-24-18(12-22-25-19)21-11-14-7-3-4-8-15(14)20/h3-10,12-13H,11H2,1-2H3,(H2,21,23,24,25). The van der Waals surface area contributed by atoms with Crippen LogP contribution in [0.25, 0.3) is 0 Å². The fraction of sp³-hybridized carbons (Fsp3) is 0.211. The number of hydrogen-bond acceptors (Lipinski definition) is 6. The van der Waals surface area contributed by atoms with E-state index in [4.69, 9.17) is 16.3 Å². The molecule has 0 atom stereocenters. The smallest absolute Gasteiger partial charge is 0.249 e. The Balaban J connectivity index is 1.71. The summed E-state index contributed by atoms with van der Waals surface area (Å²) in [6.45, 7) is 4.51. The molecule has 0 aliphatic heterocycles. The molecule has 134 valence electrons. The van der Waals surface area contributed by atoms with Gasteiger partial charge in [-0.15, -0.1) is 5.10 Å². The van der Waals surface area contributed by atoms with Crippen molar-refractivity contribution < 1.29 is 4.74 Å². The van der Waals surface area contributed by atoms with Crippen molar-refractivity contribution >= 4 is 29.1 Å². The van der Waals surface area contributed by atoms with Gasteiger partial charge in [0.1, 0.15) is 5.75 Å². The molecule has 0 spiro atoms. The average molecular weight is 370 g/mol. The third-order valence-electron chi connectivity index (χ3n) is 3.47. The maximum Gasteiger partial charge on any atom is 0.249 e. The number of para-hydroxylation sites is 2. The third kappa shape index (κ3) is 4.83. The lowest BCUT2D eigenvalue weighted by Crippen LogP contribution is -2.09. The van der Waals surface area contributed by atoms with Crippen molar-refractivity contribution in [2.75, 3.05) is 10.6 Å². The molecule has 2 N–H and O–H groups in total. The fourth-order valence-electron chi connectivity index (χ4n) is 2.32. The van der Waals surface area contributed by atoms with Crippen LogP contribution in [-0.4, -0.2) is 21.3 Å². The number of ether oxygens (including phenoxy) is 1. The van der Waals surface area contributed by atoms with Crippen molar-refractivity contribution in [3.8, 4) is 5.75 Å². The van der Waals surface area contributed by atoms with E-state index in [1.807, 2.05) is 62.4 Å². The molecule has 0 bridgehead atoms. The average Bonchev–Trinajstić information content (AvgIpc) is 2.63. The van der Waals surface area contributed by atoms with Crippen molar-refractivity contribution in [1.29, 1.82) is 0 Å². The number of aromatic nitrogens is 3. The van der Waals surface area contributed by atoms with Crippen LogP contribution in [0, 0.1) is 0 Å². The Bertz CT molecular complexity index is 872. The van der Waals surface area contributed by atoms with Crippen LogP contribution < -0.4 is 15.4 Å². The Hall–Kier alpha value is -2.86. The number of rotatable bonds is 7. The van der Waals surface area contributed by atoms with Gasteiger partial charge in [0.25, 0.3) is 0 Å². The van der Waals surface area contributed by atoms with Crippen LogP contribution in [-0.2, 0) is 6.54 Å². The molecule has 7 heteroatoms. The summed E-state index contributed by atoms with van der Waals surface area (Å²) in [4.78, 5) is 4.44. The lowest BCUT2D eigenvalue weighted by atomic mass is 10.2. The number of benzene rings is 2. The molecule has 0 fully saturated rings. The summed E-state index contributed by atoms with van der Waals surface area (Å²) in [5.41, 5.74) is 1.77. The molecule has 3 rings (SSSR count).